The molecule has 4 aromatic rings. The minimum atomic E-state index is -1.22. The molecule has 1 saturated heterocycles. The minimum Gasteiger partial charge on any atom is -0.394 e. The number of aliphatic hydroxyl groups is 3. The second-order valence-corrected chi connectivity index (χ2v) is 8.04. The Morgan fingerprint density at radius 3 is 2.75 bits per heavy atom. The molecule has 1 aliphatic rings. The summed E-state index contributed by atoms with van der Waals surface area (Å²) in [5.41, 5.74) is 2.07. The highest BCUT2D eigenvalue weighted by Gasteiger charge is 2.44. The van der Waals surface area contributed by atoms with E-state index in [1.165, 1.54) is 6.33 Å². The highest BCUT2D eigenvalue weighted by Crippen LogP contribution is 2.41. The van der Waals surface area contributed by atoms with Crippen molar-refractivity contribution in [2.24, 2.45) is 0 Å². The third kappa shape index (κ3) is 2.57. The molecule has 4 atom stereocenters. The molecule has 1 fully saturated rings. The van der Waals surface area contributed by atoms with Crippen molar-refractivity contribution in [1.29, 1.82) is 0 Å². The van der Waals surface area contributed by atoms with Gasteiger partial charge in [-0.1, -0.05) is 17.7 Å². The second kappa shape index (κ2) is 6.77. The lowest BCUT2D eigenvalue weighted by Gasteiger charge is -2.18. The van der Waals surface area contributed by atoms with Crippen molar-refractivity contribution < 1.29 is 20.1 Å². The Kier molecular flexibility index (Phi) is 4.35. The van der Waals surface area contributed by atoms with Crippen molar-refractivity contribution in [1.82, 2.24) is 14.5 Å². The third-order valence-electron chi connectivity index (χ3n) is 5.07. The number of ether oxygens (including phenoxy) is 1. The average Bonchev–Trinajstić information content (AvgIpc) is 3.40. The van der Waals surface area contributed by atoms with Gasteiger partial charge >= 0.3 is 0 Å². The van der Waals surface area contributed by atoms with E-state index in [1.807, 2.05) is 29.6 Å². The molecule has 3 aromatic heterocycles. The van der Waals surface area contributed by atoms with E-state index in [4.69, 9.17) is 16.3 Å². The van der Waals surface area contributed by atoms with Gasteiger partial charge in [-0.2, -0.15) is 0 Å². The molecule has 0 amide bonds. The van der Waals surface area contributed by atoms with Crippen LogP contribution in [0.4, 0.5) is 0 Å². The average molecular weight is 418 g/mol. The fourth-order valence-electron chi connectivity index (χ4n) is 3.79. The Morgan fingerprint density at radius 2 is 2.04 bits per heavy atom. The summed E-state index contributed by atoms with van der Waals surface area (Å²) in [7, 11) is 0. The SMILES string of the molecule is OC[C@H]1O[C@@H](n2c3ccc(Cl)cc3c3c(-c4cccs4)ncnc32)[C@H](O)[C@@H]1O. The first kappa shape index (κ1) is 18.0. The molecule has 0 saturated carbocycles. The Bertz CT molecular complexity index is 1160. The highest BCUT2D eigenvalue weighted by molar-refractivity contribution is 7.13. The fraction of sp³-hybridized carbons (Fsp3) is 0.263. The van der Waals surface area contributed by atoms with Crippen LogP contribution in [0.3, 0.4) is 0 Å². The maximum atomic E-state index is 10.6. The molecule has 0 aliphatic carbocycles. The minimum absolute atomic E-state index is 0.396. The Balaban J connectivity index is 1.84. The lowest BCUT2D eigenvalue weighted by Crippen LogP contribution is -2.33. The summed E-state index contributed by atoms with van der Waals surface area (Å²) in [6.07, 6.45) is -2.73. The normalized spacial score (nSPS) is 25.1. The summed E-state index contributed by atoms with van der Waals surface area (Å²) in [4.78, 5) is 9.92. The van der Waals surface area contributed by atoms with Crippen molar-refractivity contribution in [3.8, 4) is 10.6 Å². The number of fused-ring (bicyclic) bond motifs is 3. The summed E-state index contributed by atoms with van der Waals surface area (Å²) in [6, 6.07) is 9.33. The van der Waals surface area contributed by atoms with Crippen LogP contribution in [-0.4, -0.2) is 54.8 Å². The van der Waals surface area contributed by atoms with E-state index in [0.29, 0.717) is 10.7 Å². The summed E-state index contributed by atoms with van der Waals surface area (Å²) < 4.78 is 7.52. The third-order valence-corrected chi connectivity index (χ3v) is 6.18. The van der Waals surface area contributed by atoms with Gasteiger partial charge in [-0.05, 0) is 29.6 Å². The number of hydrogen-bond acceptors (Lipinski definition) is 7. The lowest BCUT2D eigenvalue weighted by molar-refractivity contribution is -0.0489. The fourth-order valence-corrected chi connectivity index (χ4v) is 4.69. The summed E-state index contributed by atoms with van der Waals surface area (Å²) in [5, 5.41) is 34.4. The monoisotopic (exact) mass is 417 g/mol. The van der Waals surface area contributed by atoms with Crippen LogP contribution in [0.15, 0.2) is 42.0 Å². The Hall–Kier alpha value is -2.07. The lowest BCUT2D eigenvalue weighted by atomic mass is 10.1. The number of thiophene rings is 1. The number of rotatable bonds is 3. The van der Waals surface area contributed by atoms with Gasteiger partial charge in [-0.3, -0.25) is 4.57 Å². The van der Waals surface area contributed by atoms with Gasteiger partial charge in [-0.15, -0.1) is 11.3 Å². The van der Waals surface area contributed by atoms with Crippen LogP contribution in [0.1, 0.15) is 6.23 Å². The number of aliphatic hydroxyl groups excluding tert-OH is 3. The van der Waals surface area contributed by atoms with Crippen LogP contribution in [-0.2, 0) is 4.74 Å². The molecular weight excluding hydrogens is 402 g/mol. The van der Waals surface area contributed by atoms with Crippen LogP contribution >= 0.6 is 22.9 Å². The van der Waals surface area contributed by atoms with E-state index in [9.17, 15) is 15.3 Å². The van der Waals surface area contributed by atoms with Crippen LogP contribution in [0, 0.1) is 0 Å². The number of halogens is 1. The van der Waals surface area contributed by atoms with Gasteiger partial charge in [0, 0.05) is 10.4 Å². The molecule has 1 aromatic carbocycles. The van der Waals surface area contributed by atoms with Crippen molar-refractivity contribution in [2.75, 3.05) is 6.61 Å². The molecule has 0 spiro atoms. The zero-order chi connectivity index (χ0) is 19.4. The van der Waals surface area contributed by atoms with E-state index in [2.05, 4.69) is 9.97 Å². The molecule has 4 heterocycles. The van der Waals surface area contributed by atoms with E-state index >= 15 is 0 Å². The van der Waals surface area contributed by atoms with E-state index in [0.717, 1.165) is 26.9 Å². The molecule has 0 bridgehead atoms. The quantitative estimate of drug-likeness (QED) is 0.473. The first-order valence-corrected chi connectivity index (χ1v) is 9.96. The zero-order valence-corrected chi connectivity index (χ0v) is 16.0. The Morgan fingerprint density at radius 1 is 1.18 bits per heavy atom. The van der Waals surface area contributed by atoms with Gasteiger partial charge < -0.3 is 20.1 Å². The first-order chi connectivity index (χ1) is 13.6. The first-order valence-electron chi connectivity index (χ1n) is 8.70. The van der Waals surface area contributed by atoms with E-state index in [1.54, 1.807) is 22.0 Å². The summed E-state index contributed by atoms with van der Waals surface area (Å²) >= 11 is 7.83. The van der Waals surface area contributed by atoms with Crippen LogP contribution < -0.4 is 0 Å². The molecule has 144 valence electrons. The predicted molar refractivity (Wildman–Crippen MR) is 106 cm³/mol. The van der Waals surface area contributed by atoms with Gasteiger partial charge in [0.15, 0.2) is 6.23 Å². The Labute approximate surface area is 168 Å². The molecule has 0 unspecified atom stereocenters. The van der Waals surface area contributed by atoms with Crippen molar-refractivity contribution in [2.45, 2.75) is 24.5 Å². The molecule has 7 nitrogen and oxygen atoms in total. The zero-order valence-electron chi connectivity index (χ0n) is 14.4. The maximum Gasteiger partial charge on any atom is 0.165 e. The van der Waals surface area contributed by atoms with Crippen molar-refractivity contribution >= 4 is 44.9 Å². The topological polar surface area (TPSA) is 101 Å². The van der Waals surface area contributed by atoms with Gasteiger partial charge in [0.05, 0.1) is 28.1 Å². The van der Waals surface area contributed by atoms with Crippen LogP contribution in [0.5, 0.6) is 0 Å². The van der Waals surface area contributed by atoms with E-state index < -0.39 is 31.1 Å². The molecular formula is C19H16ClN3O4S. The maximum absolute atomic E-state index is 10.6. The second-order valence-electron chi connectivity index (χ2n) is 6.66. The molecule has 0 radical (unpaired) electrons. The number of nitrogens with zero attached hydrogens (tertiary/aromatic N) is 3. The summed E-state index contributed by atoms with van der Waals surface area (Å²) in [5.74, 6) is 0. The molecule has 9 heteroatoms. The van der Waals surface area contributed by atoms with Crippen molar-refractivity contribution in [3.05, 3.63) is 47.1 Å². The van der Waals surface area contributed by atoms with Gasteiger partial charge in [0.25, 0.3) is 0 Å². The highest BCUT2D eigenvalue weighted by atomic mass is 35.5. The van der Waals surface area contributed by atoms with Gasteiger partial charge in [0.2, 0.25) is 0 Å². The predicted octanol–water partition coefficient (Wildman–Crippen LogP) is 2.58. The molecule has 28 heavy (non-hydrogen) atoms. The van der Waals surface area contributed by atoms with Crippen LogP contribution in [0.25, 0.3) is 32.5 Å². The van der Waals surface area contributed by atoms with Crippen LogP contribution in [0.2, 0.25) is 5.02 Å². The smallest absolute Gasteiger partial charge is 0.165 e. The van der Waals surface area contributed by atoms with Gasteiger partial charge in [-0.25, -0.2) is 9.97 Å². The van der Waals surface area contributed by atoms with Gasteiger partial charge in [0.1, 0.15) is 30.3 Å². The number of aromatic nitrogens is 3. The summed E-state index contributed by atoms with van der Waals surface area (Å²) in [6.45, 7) is -0.396. The number of benzene rings is 1. The largest absolute Gasteiger partial charge is 0.394 e. The molecule has 3 N–H and O–H groups in total. The standard InChI is InChI=1S/C19H16ClN3O4S/c20-9-3-4-11-10(6-9)14-15(13-2-1-5-28-13)21-8-22-18(14)23(11)19-17(26)16(25)12(7-24)27-19/h1-6,8,12,16-17,19,24-26H,7H2/t12-,16-,17-,19-/m1/s1. The van der Waals surface area contributed by atoms with Crippen molar-refractivity contribution in [3.63, 3.8) is 0 Å². The van der Waals surface area contributed by atoms with E-state index in [-0.39, 0.29) is 0 Å². The number of hydrogen-bond donors (Lipinski definition) is 3. The molecule has 5 rings (SSSR count). The molecule has 1 aliphatic heterocycles.